The first-order chi connectivity index (χ1) is 17.6. The molecule has 7 heteroatoms. The minimum atomic E-state index is -0.389. The van der Waals surface area contributed by atoms with Crippen LogP contribution < -0.4 is 5.32 Å². The van der Waals surface area contributed by atoms with Crippen molar-refractivity contribution in [1.29, 1.82) is 0 Å². The molecule has 36 heavy (non-hydrogen) atoms. The van der Waals surface area contributed by atoms with Gasteiger partial charge in [-0.1, -0.05) is 37.0 Å². The van der Waals surface area contributed by atoms with Crippen molar-refractivity contribution >= 4 is 11.8 Å². The second-order valence-corrected chi connectivity index (χ2v) is 11.4. The normalized spacial score (nSPS) is 27.7. The maximum atomic E-state index is 13.8. The van der Waals surface area contributed by atoms with E-state index < -0.39 is 0 Å². The lowest BCUT2D eigenvalue weighted by Crippen LogP contribution is -2.53. The zero-order valence-corrected chi connectivity index (χ0v) is 22.0. The number of aryl methyl sites for hydroxylation is 1. The van der Waals surface area contributed by atoms with Crippen molar-refractivity contribution in [2.75, 3.05) is 52.4 Å². The summed E-state index contributed by atoms with van der Waals surface area (Å²) in [5.74, 6) is 0.819. The fraction of sp³-hybridized carbons (Fsp3) is 0.724. The van der Waals surface area contributed by atoms with Gasteiger partial charge < -0.3 is 19.9 Å². The van der Waals surface area contributed by atoms with Crippen LogP contribution in [-0.4, -0.2) is 97.1 Å². The van der Waals surface area contributed by atoms with Crippen LogP contribution in [0.25, 0.3) is 0 Å². The Bertz CT molecular complexity index is 873. The van der Waals surface area contributed by atoms with Gasteiger partial charge in [0, 0.05) is 64.0 Å². The molecule has 3 unspecified atom stereocenters. The number of carbonyl (C=O) groups is 2. The lowest BCUT2D eigenvalue weighted by molar-refractivity contribution is -0.135. The molecule has 2 amide bonds. The Morgan fingerprint density at radius 3 is 2.44 bits per heavy atom. The number of carbonyl (C=O) groups excluding carboxylic acids is 2. The van der Waals surface area contributed by atoms with Crippen molar-refractivity contribution in [3.63, 3.8) is 0 Å². The molecule has 0 radical (unpaired) electrons. The van der Waals surface area contributed by atoms with E-state index >= 15 is 0 Å². The molecule has 0 spiro atoms. The van der Waals surface area contributed by atoms with E-state index in [-0.39, 0.29) is 30.0 Å². The minimum Gasteiger partial charge on any atom is -0.377 e. The predicted molar refractivity (Wildman–Crippen MR) is 141 cm³/mol. The van der Waals surface area contributed by atoms with E-state index in [4.69, 9.17) is 4.74 Å². The smallest absolute Gasteiger partial charge is 0.254 e. The Kier molecular flexibility index (Phi) is 8.60. The molecule has 7 nitrogen and oxygen atoms in total. The highest BCUT2D eigenvalue weighted by atomic mass is 16.5. The molecule has 198 valence electrons. The van der Waals surface area contributed by atoms with E-state index in [1.807, 2.05) is 41.0 Å². The summed E-state index contributed by atoms with van der Waals surface area (Å²) in [6.45, 7) is 8.56. The standard InChI is InChI=1S/C29H44N4O3/c1-22-9-11-24(12-10-22)28(34)33-20-25(18-27(33)29(35)31-15-13-30-14-16-31)32(21-26-8-5-17-36-26)19-23-6-3-2-4-7-23/h9-12,23,25-27,30H,2-8,13-21H2,1H3. The molecule has 1 aromatic carbocycles. The van der Waals surface area contributed by atoms with Crippen LogP contribution in [0, 0.1) is 12.8 Å². The summed E-state index contributed by atoms with van der Waals surface area (Å²) in [7, 11) is 0. The number of piperazine rings is 1. The highest BCUT2D eigenvalue weighted by Gasteiger charge is 2.44. The van der Waals surface area contributed by atoms with Gasteiger partial charge in [-0.2, -0.15) is 0 Å². The Morgan fingerprint density at radius 1 is 1.00 bits per heavy atom. The Hall–Kier alpha value is -1.96. The lowest BCUT2D eigenvalue weighted by atomic mass is 9.88. The number of hydrogen-bond acceptors (Lipinski definition) is 5. The highest BCUT2D eigenvalue weighted by Crippen LogP contribution is 2.31. The van der Waals surface area contributed by atoms with Gasteiger partial charge in [-0.25, -0.2) is 0 Å². The van der Waals surface area contributed by atoms with Gasteiger partial charge in [-0.3, -0.25) is 14.5 Å². The van der Waals surface area contributed by atoms with Gasteiger partial charge in [-0.05, 0) is 57.1 Å². The van der Waals surface area contributed by atoms with Gasteiger partial charge >= 0.3 is 0 Å². The molecule has 1 saturated carbocycles. The molecule has 1 N–H and O–H groups in total. The maximum absolute atomic E-state index is 13.8. The third-order valence-corrected chi connectivity index (χ3v) is 8.75. The van der Waals surface area contributed by atoms with Crippen molar-refractivity contribution in [1.82, 2.24) is 20.0 Å². The Labute approximate surface area is 216 Å². The molecule has 5 rings (SSSR count). The number of hydrogen-bond donors (Lipinski definition) is 1. The van der Waals surface area contributed by atoms with E-state index in [1.165, 1.54) is 32.1 Å². The van der Waals surface area contributed by atoms with Crippen LogP contribution in [-0.2, 0) is 9.53 Å². The second kappa shape index (κ2) is 12.1. The second-order valence-electron chi connectivity index (χ2n) is 11.4. The number of likely N-dealkylation sites (tertiary alicyclic amines) is 1. The molecule has 0 aromatic heterocycles. The summed E-state index contributed by atoms with van der Waals surface area (Å²) in [5, 5.41) is 3.34. The molecule has 3 saturated heterocycles. The van der Waals surface area contributed by atoms with Crippen molar-refractivity contribution in [3.05, 3.63) is 35.4 Å². The zero-order valence-electron chi connectivity index (χ0n) is 22.0. The summed E-state index contributed by atoms with van der Waals surface area (Å²) in [5.41, 5.74) is 1.81. The van der Waals surface area contributed by atoms with Crippen molar-refractivity contribution in [3.8, 4) is 0 Å². The van der Waals surface area contributed by atoms with E-state index in [0.717, 1.165) is 57.6 Å². The first kappa shape index (κ1) is 25.7. The first-order valence-corrected chi connectivity index (χ1v) is 14.3. The first-order valence-electron chi connectivity index (χ1n) is 14.3. The van der Waals surface area contributed by atoms with Gasteiger partial charge in [-0.15, -0.1) is 0 Å². The van der Waals surface area contributed by atoms with Crippen LogP contribution in [0.1, 0.15) is 67.3 Å². The number of benzene rings is 1. The monoisotopic (exact) mass is 496 g/mol. The van der Waals surface area contributed by atoms with Crippen LogP contribution in [0.3, 0.4) is 0 Å². The van der Waals surface area contributed by atoms with Gasteiger partial charge in [0.05, 0.1) is 6.10 Å². The largest absolute Gasteiger partial charge is 0.377 e. The molecule has 1 aliphatic carbocycles. The molecule has 3 heterocycles. The fourth-order valence-corrected chi connectivity index (χ4v) is 6.62. The SMILES string of the molecule is Cc1ccc(C(=O)N2CC(N(CC3CCCCC3)CC3CCCO3)CC2C(=O)N2CCNCC2)cc1. The number of amides is 2. The van der Waals surface area contributed by atoms with Crippen molar-refractivity contribution in [2.45, 2.75) is 76.5 Å². The number of nitrogens with one attached hydrogen (secondary N) is 1. The summed E-state index contributed by atoms with van der Waals surface area (Å²) in [6.07, 6.45) is 9.84. The van der Waals surface area contributed by atoms with Gasteiger partial charge in [0.1, 0.15) is 6.04 Å². The average molecular weight is 497 g/mol. The fourth-order valence-electron chi connectivity index (χ4n) is 6.62. The van der Waals surface area contributed by atoms with E-state index in [1.54, 1.807) is 0 Å². The van der Waals surface area contributed by atoms with Crippen LogP contribution >= 0.6 is 0 Å². The van der Waals surface area contributed by atoms with E-state index in [2.05, 4.69) is 10.2 Å². The molecule has 4 aliphatic rings. The molecule has 4 fully saturated rings. The van der Waals surface area contributed by atoms with Crippen LogP contribution in [0.2, 0.25) is 0 Å². The molecule has 3 aliphatic heterocycles. The number of ether oxygens (including phenoxy) is 1. The predicted octanol–water partition coefficient (Wildman–Crippen LogP) is 3.07. The summed E-state index contributed by atoms with van der Waals surface area (Å²) in [6, 6.07) is 7.59. The Balaban J connectivity index is 1.37. The topological polar surface area (TPSA) is 65.1 Å². The number of rotatable bonds is 7. The van der Waals surface area contributed by atoms with Crippen LogP contribution in [0.5, 0.6) is 0 Å². The summed E-state index contributed by atoms with van der Waals surface area (Å²) < 4.78 is 6.05. The molecule has 1 aromatic rings. The molecule has 3 atom stereocenters. The third-order valence-electron chi connectivity index (χ3n) is 8.75. The highest BCUT2D eigenvalue weighted by molar-refractivity contribution is 5.98. The quantitative estimate of drug-likeness (QED) is 0.629. The van der Waals surface area contributed by atoms with E-state index in [0.29, 0.717) is 31.1 Å². The Morgan fingerprint density at radius 2 is 1.75 bits per heavy atom. The zero-order chi connectivity index (χ0) is 24.9. The average Bonchev–Trinajstić information content (AvgIpc) is 3.59. The van der Waals surface area contributed by atoms with Crippen molar-refractivity contribution in [2.24, 2.45) is 5.92 Å². The minimum absolute atomic E-state index is 0.0132. The van der Waals surface area contributed by atoms with Crippen LogP contribution in [0.4, 0.5) is 0 Å². The lowest BCUT2D eigenvalue weighted by Gasteiger charge is -2.35. The van der Waals surface area contributed by atoms with Gasteiger partial charge in [0.2, 0.25) is 5.91 Å². The molecular formula is C29H44N4O3. The van der Waals surface area contributed by atoms with Gasteiger partial charge in [0.15, 0.2) is 0 Å². The number of nitrogens with zero attached hydrogens (tertiary/aromatic N) is 3. The molecular weight excluding hydrogens is 452 g/mol. The van der Waals surface area contributed by atoms with E-state index in [9.17, 15) is 9.59 Å². The maximum Gasteiger partial charge on any atom is 0.254 e. The van der Waals surface area contributed by atoms with Crippen LogP contribution in [0.15, 0.2) is 24.3 Å². The summed E-state index contributed by atoms with van der Waals surface area (Å²) in [4.78, 5) is 34.0. The van der Waals surface area contributed by atoms with Crippen molar-refractivity contribution < 1.29 is 14.3 Å². The molecule has 0 bridgehead atoms. The van der Waals surface area contributed by atoms with Gasteiger partial charge in [0.25, 0.3) is 5.91 Å². The third kappa shape index (κ3) is 6.12. The summed E-state index contributed by atoms with van der Waals surface area (Å²) >= 11 is 0.